The molecule has 116 valence electrons. The van der Waals surface area contributed by atoms with Gasteiger partial charge >= 0.3 is 6.18 Å². The molecular weight excluding hydrogens is 311 g/mol. The lowest BCUT2D eigenvalue weighted by Crippen LogP contribution is -2.28. The molecule has 0 saturated carbocycles. The number of nitrogens with one attached hydrogen (secondary N) is 2. The molecule has 1 saturated heterocycles. The van der Waals surface area contributed by atoms with Gasteiger partial charge in [-0.2, -0.15) is 18.2 Å². The quantitative estimate of drug-likeness (QED) is 0.887. The van der Waals surface area contributed by atoms with Gasteiger partial charge in [-0.15, -0.1) is 12.4 Å². The number of aromatic nitrogens is 4. The Balaban J connectivity index is 0.00000161. The first-order valence-electron chi connectivity index (χ1n) is 6.21. The maximum Gasteiger partial charge on any atom is 0.432 e. The average molecular weight is 324 g/mol. The molecule has 10 heteroatoms. The van der Waals surface area contributed by atoms with Crippen molar-refractivity contribution in [1.82, 2.24) is 25.4 Å². The van der Waals surface area contributed by atoms with Gasteiger partial charge in [0.1, 0.15) is 5.69 Å². The predicted octanol–water partition coefficient (Wildman–Crippen LogP) is 2.37. The summed E-state index contributed by atoms with van der Waals surface area (Å²) in [4.78, 5) is 9.88. The SMILES string of the molecule is Cl.FC(F)(F)c1cnc(-c2nc(C3CCCNC3)no2)[nH]1. The van der Waals surface area contributed by atoms with Crippen molar-refractivity contribution in [3.8, 4) is 11.7 Å². The Hall–Kier alpha value is -1.61. The molecule has 0 aliphatic carbocycles. The third kappa shape index (κ3) is 3.35. The highest BCUT2D eigenvalue weighted by Gasteiger charge is 2.33. The molecule has 0 radical (unpaired) electrons. The van der Waals surface area contributed by atoms with E-state index in [2.05, 4.69) is 25.4 Å². The Morgan fingerprint density at radius 1 is 1.33 bits per heavy atom. The van der Waals surface area contributed by atoms with E-state index in [9.17, 15) is 13.2 Å². The maximum absolute atomic E-state index is 12.5. The molecule has 2 aromatic rings. The summed E-state index contributed by atoms with van der Waals surface area (Å²) in [6.45, 7) is 1.69. The van der Waals surface area contributed by atoms with Crippen LogP contribution >= 0.6 is 12.4 Å². The third-order valence-electron chi connectivity index (χ3n) is 3.19. The summed E-state index contributed by atoms with van der Waals surface area (Å²) in [7, 11) is 0. The molecule has 6 nitrogen and oxygen atoms in total. The highest BCUT2D eigenvalue weighted by molar-refractivity contribution is 5.85. The number of halogens is 4. The molecule has 2 aromatic heterocycles. The van der Waals surface area contributed by atoms with Gasteiger partial charge in [0.25, 0.3) is 5.89 Å². The summed E-state index contributed by atoms with van der Waals surface area (Å²) in [5, 5.41) is 7.03. The Kier molecular flexibility index (Phi) is 4.52. The number of alkyl halides is 3. The van der Waals surface area contributed by atoms with Gasteiger partial charge in [0.2, 0.25) is 0 Å². The predicted molar refractivity (Wildman–Crippen MR) is 69.0 cm³/mol. The van der Waals surface area contributed by atoms with Crippen LogP contribution in [0.3, 0.4) is 0 Å². The van der Waals surface area contributed by atoms with Crippen LogP contribution in [0, 0.1) is 0 Å². The van der Waals surface area contributed by atoms with Gasteiger partial charge in [-0.3, -0.25) is 0 Å². The van der Waals surface area contributed by atoms with Gasteiger partial charge < -0.3 is 14.8 Å². The molecule has 1 unspecified atom stereocenters. The summed E-state index contributed by atoms with van der Waals surface area (Å²) in [6, 6.07) is 0. The Morgan fingerprint density at radius 2 is 2.14 bits per heavy atom. The average Bonchev–Trinajstić information content (AvgIpc) is 3.08. The number of rotatable bonds is 2. The first-order valence-corrected chi connectivity index (χ1v) is 6.21. The van der Waals surface area contributed by atoms with Crippen molar-refractivity contribution in [1.29, 1.82) is 0 Å². The smallest absolute Gasteiger partial charge is 0.331 e. The zero-order valence-corrected chi connectivity index (χ0v) is 11.6. The van der Waals surface area contributed by atoms with E-state index >= 15 is 0 Å². The molecule has 0 aromatic carbocycles. The minimum atomic E-state index is -4.47. The monoisotopic (exact) mass is 323 g/mol. The largest absolute Gasteiger partial charge is 0.432 e. The second kappa shape index (κ2) is 6.02. The number of aromatic amines is 1. The molecule has 0 amide bonds. The maximum atomic E-state index is 12.5. The molecule has 1 aliphatic rings. The molecule has 3 heterocycles. The lowest BCUT2D eigenvalue weighted by molar-refractivity contribution is -0.140. The second-order valence-corrected chi connectivity index (χ2v) is 4.64. The van der Waals surface area contributed by atoms with Crippen molar-refractivity contribution in [2.45, 2.75) is 24.9 Å². The Labute approximate surface area is 123 Å². The van der Waals surface area contributed by atoms with E-state index in [4.69, 9.17) is 4.52 Å². The van der Waals surface area contributed by atoms with Crippen LogP contribution in [0.2, 0.25) is 0 Å². The number of H-pyrrole nitrogens is 1. The van der Waals surface area contributed by atoms with E-state index in [1.165, 1.54) is 0 Å². The van der Waals surface area contributed by atoms with Crippen LogP contribution in [-0.4, -0.2) is 33.2 Å². The van der Waals surface area contributed by atoms with Crippen LogP contribution in [0.25, 0.3) is 11.7 Å². The summed E-state index contributed by atoms with van der Waals surface area (Å²) >= 11 is 0. The number of hydrogen-bond acceptors (Lipinski definition) is 5. The van der Waals surface area contributed by atoms with Crippen molar-refractivity contribution in [2.24, 2.45) is 0 Å². The summed E-state index contributed by atoms with van der Waals surface area (Å²) in [6.07, 6.45) is -1.83. The van der Waals surface area contributed by atoms with Gasteiger partial charge in [-0.25, -0.2) is 4.98 Å². The fraction of sp³-hybridized carbons (Fsp3) is 0.545. The zero-order chi connectivity index (χ0) is 14.2. The van der Waals surface area contributed by atoms with Crippen LogP contribution in [0.15, 0.2) is 10.7 Å². The lowest BCUT2D eigenvalue weighted by Gasteiger charge is -2.19. The van der Waals surface area contributed by atoms with E-state index in [-0.39, 0.29) is 30.0 Å². The topological polar surface area (TPSA) is 79.6 Å². The fourth-order valence-electron chi connectivity index (χ4n) is 2.14. The first kappa shape index (κ1) is 15.8. The van der Waals surface area contributed by atoms with Crippen molar-refractivity contribution in [3.63, 3.8) is 0 Å². The van der Waals surface area contributed by atoms with Gasteiger partial charge in [0.15, 0.2) is 11.6 Å². The molecule has 3 rings (SSSR count). The highest BCUT2D eigenvalue weighted by atomic mass is 35.5. The van der Waals surface area contributed by atoms with Gasteiger partial charge in [0, 0.05) is 12.5 Å². The van der Waals surface area contributed by atoms with E-state index in [0.29, 0.717) is 12.0 Å². The first-order chi connectivity index (χ1) is 9.54. The van der Waals surface area contributed by atoms with Crippen molar-refractivity contribution in [3.05, 3.63) is 17.7 Å². The normalized spacial score (nSPS) is 19.3. The molecular formula is C11H13ClF3N5O. The molecule has 0 bridgehead atoms. The second-order valence-electron chi connectivity index (χ2n) is 4.64. The molecule has 1 atom stereocenters. The van der Waals surface area contributed by atoms with E-state index in [1.54, 1.807) is 0 Å². The fourth-order valence-corrected chi connectivity index (χ4v) is 2.14. The van der Waals surface area contributed by atoms with Gasteiger partial charge in [-0.1, -0.05) is 5.16 Å². The van der Waals surface area contributed by atoms with Crippen LogP contribution in [-0.2, 0) is 6.18 Å². The molecule has 2 N–H and O–H groups in total. The minimum absolute atomic E-state index is 0. The van der Waals surface area contributed by atoms with Crippen molar-refractivity contribution in [2.75, 3.05) is 13.1 Å². The Bertz CT molecular complexity index is 591. The molecule has 21 heavy (non-hydrogen) atoms. The van der Waals surface area contributed by atoms with Gasteiger partial charge in [0.05, 0.1) is 6.20 Å². The molecule has 0 spiro atoms. The van der Waals surface area contributed by atoms with Crippen LogP contribution in [0.1, 0.15) is 30.3 Å². The lowest BCUT2D eigenvalue weighted by atomic mass is 9.99. The van der Waals surface area contributed by atoms with Crippen molar-refractivity contribution < 1.29 is 17.7 Å². The summed E-state index contributed by atoms with van der Waals surface area (Å²) in [5.41, 5.74) is -0.938. The van der Waals surface area contributed by atoms with Crippen molar-refractivity contribution >= 4 is 12.4 Å². The van der Waals surface area contributed by atoms with E-state index in [1.807, 2.05) is 0 Å². The van der Waals surface area contributed by atoms with Crippen LogP contribution in [0.5, 0.6) is 0 Å². The molecule has 1 aliphatic heterocycles. The van der Waals surface area contributed by atoms with E-state index in [0.717, 1.165) is 25.9 Å². The Morgan fingerprint density at radius 3 is 2.76 bits per heavy atom. The number of hydrogen-bond donors (Lipinski definition) is 2. The summed E-state index contributed by atoms with van der Waals surface area (Å²) < 4.78 is 42.4. The summed E-state index contributed by atoms with van der Waals surface area (Å²) in [5.74, 6) is 0.524. The third-order valence-corrected chi connectivity index (χ3v) is 3.19. The van der Waals surface area contributed by atoms with Crippen LogP contribution in [0.4, 0.5) is 13.2 Å². The zero-order valence-electron chi connectivity index (χ0n) is 10.8. The minimum Gasteiger partial charge on any atom is -0.331 e. The number of nitrogens with zero attached hydrogens (tertiary/aromatic N) is 3. The highest BCUT2D eigenvalue weighted by Crippen LogP contribution is 2.29. The molecule has 1 fully saturated rings. The van der Waals surface area contributed by atoms with E-state index < -0.39 is 11.9 Å². The number of piperidine rings is 1. The van der Waals surface area contributed by atoms with Gasteiger partial charge in [-0.05, 0) is 19.4 Å². The number of imidazole rings is 1. The standard InChI is InChI=1S/C11H12F3N5O.ClH/c12-11(13,14)7-5-16-9(17-7)10-18-8(19-20-10)6-2-1-3-15-4-6;/h5-6,15H,1-4H2,(H,16,17);1H. The van der Waals surface area contributed by atoms with Crippen LogP contribution < -0.4 is 5.32 Å².